The number of halogens is 1. The van der Waals surface area contributed by atoms with Crippen molar-refractivity contribution in [2.24, 2.45) is 0 Å². The summed E-state index contributed by atoms with van der Waals surface area (Å²) < 4.78 is 5.98. The van der Waals surface area contributed by atoms with E-state index >= 15 is 0 Å². The molecule has 0 saturated heterocycles. The minimum Gasteiger partial charge on any atom is -0.383 e. The highest BCUT2D eigenvalue weighted by Gasteiger charge is 2.11. The second kappa shape index (κ2) is 8.03. The van der Waals surface area contributed by atoms with Gasteiger partial charge in [-0.05, 0) is 37.6 Å². The van der Waals surface area contributed by atoms with E-state index in [0.29, 0.717) is 30.5 Å². The van der Waals surface area contributed by atoms with Crippen molar-refractivity contribution in [2.45, 2.75) is 13.8 Å². The first kappa shape index (κ1) is 17.4. The molecule has 0 aliphatic rings. The molecule has 0 saturated carbocycles. The zero-order chi connectivity index (χ0) is 16.8. The smallest absolute Gasteiger partial charge is 0.274 e. The van der Waals surface area contributed by atoms with E-state index in [0.717, 1.165) is 15.7 Å². The van der Waals surface area contributed by atoms with Gasteiger partial charge in [0.25, 0.3) is 5.91 Å². The lowest BCUT2D eigenvalue weighted by Gasteiger charge is -2.09. The Morgan fingerprint density at radius 1 is 1.26 bits per heavy atom. The summed E-state index contributed by atoms with van der Waals surface area (Å²) in [5, 5.41) is 5.95. The van der Waals surface area contributed by atoms with Crippen LogP contribution in [0, 0.1) is 13.8 Å². The van der Waals surface area contributed by atoms with Crippen molar-refractivity contribution in [2.75, 3.05) is 30.9 Å². The number of nitrogens with zero attached hydrogens (tertiary/aromatic N) is 2. The molecular formula is C16H19BrN4O2. The molecule has 0 aliphatic heterocycles. The molecule has 6 nitrogen and oxygen atoms in total. The Balaban J connectivity index is 2.13. The molecule has 2 N–H and O–H groups in total. The van der Waals surface area contributed by atoms with Gasteiger partial charge in [-0.15, -0.1) is 0 Å². The number of amides is 1. The van der Waals surface area contributed by atoms with Crippen LogP contribution in [0.25, 0.3) is 0 Å². The second-order valence-electron chi connectivity index (χ2n) is 5.02. The standard InChI is InChI=1S/C16H19BrN4O2/c1-10-8-12(4-5-13(10)17)21-16(22)14-9-15(18-6-7-23-3)20-11(2)19-14/h4-5,8-9H,6-7H2,1-3H3,(H,21,22)(H,18,19,20). The average molecular weight is 379 g/mol. The Labute approximate surface area is 143 Å². The number of methoxy groups -OCH3 is 1. The first-order valence-electron chi connectivity index (χ1n) is 7.15. The molecule has 1 heterocycles. The molecule has 1 aromatic carbocycles. The third-order valence-electron chi connectivity index (χ3n) is 3.10. The van der Waals surface area contributed by atoms with Crippen LogP contribution in [0.4, 0.5) is 11.5 Å². The Bertz CT molecular complexity index is 706. The van der Waals surface area contributed by atoms with Gasteiger partial charge < -0.3 is 15.4 Å². The van der Waals surface area contributed by atoms with Crippen molar-refractivity contribution >= 4 is 33.3 Å². The van der Waals surface area contributed by atoms with Crippen LogP contribution in [0.15, 0.2) is 28.7 Å². The summed E-state index contributed by atoms with van der Waals surface area (Å²) >= 11 is 3.44. The number of aryl methyl sites for hydroxylation is 2. The van der Waals surface area contributed by atoms with Crippen LogP contribution in [0.1, 0.15) is 21.9 Å². The van der Waals surface area contributed by atoms with E-state index in [1.54, 1.807) is 20.1 Å². The molecular weight excluding hydrogens is 360 g/mol. The third-order valence-corrected chi connectivity index (χ3v) is 3.99. The number of ether oxygens (including phenoxy) is 1. The van der Waals surface area contributed by atoms with E-state index in [1.165, 1.54) is 0 Å². The Kier molecular flexibility index (Phi) is 6.06. The lowest BCUT2D eigenvalue weighted by atomic mass is 10.2. The number of anilines is 2. The largest absolute Gasteiger partial charge is 0.383 e. The molecule has 23 heavy (non-hydrogen) atoms. The van der Waals surface area contributed by atoms with E-state index in [1.807, 2.05) is 25.1 Å². The van der Waals surface area contributed by atoms with E-state index < -0.39 is 0 Å². The van der Waals surface area contributed by atoms with Crippen LogP contribution in [-0.4, -0.2) is 36.1 Å². The molecule has 0 radical (unpaired) electrons. The van der Waals surface area contributed by atoms with Crippen LogP contribution >= 0.6 is 15.9 Å². The molecule has 0 unspecified atom stereocenters. The van der Waals surface area contributed by atoms with E-state index in [2.05, 4.69) is 36.5 Å². The number of rotatable bonds is 6. The quantitative estimate of drug-likeness (QED) is 0.754. The van der Waals surface area contributed by atoms with Gasteiger partial charge in [-0.25, -0.2) is 9.97 Å². The number of hydrogen-bond acceptors (Lipinski definition) is 5. The number of benzene rings is 1. The zero-order valence-corrected chi connectivity index (χ0v) is 14.9. The van der Waals surface area contributed by atoms with Gasteiger partial charge in [-0.3, -0.25) is 4.79 Å². The fraction of sp³-hybridized carbons (Fsp3) is 0.312. The van der Waals surface area contributed by atoms with E-state index in [9.17, 15) is 4.79 Å². The maximum absolute atomic E-state index is 12.4. The molecule has 2 aromatic rings. The summed E-state index contributed by atoms with van der Waals surface area (Å²) in [5.74, 6) is 0.864. The molecule has 0 aliphatic carbocycles. The predicted molar refractivity (Wildman–Crippen MR) is 94.0 cm³/mol. The van der Waals surface area contributed by atoms with Crippen molar-refractivity contribution in [3.05, 3.63) is 45.8 Å². The first-order valence-corrected chi connectivity index (χ1v) is 7.95. The van der Waals surface area contributed by atoms with Gasteiger partial charge in [0.1, 0.15) is 17.3 Å². The first-order chi connectivity index (χ1) is 11.0. The summed E-state index contributed by atoms with van der Waals surface area (Å²) in [5.41, 5.74) is 2.09. The highest BCUT2D eigenvalue weighted by molar-refractivity contribution is 9.10. The van der Waals surface area contributed by atoms with Gasteiger partial charge in [-0.2, -0.15) is 0 Å². The number of hydrogen-bond donors (Lipinski definition) is 2. The van der Waals surface area contributed by atoms with Gasteiger partial charge in [0.05, 0.1) is 6.61 Å². The number of aromatic nitrogens is 2. The summed E-state index contributed by atoms with van der Waals surface area (Å²) in [4.78, 5) is 20.8. The van der Waals surface area contributed by atoms with Gasteiger partial charge in [0, 0.05) is 29.9 Å². The van der Waals surface area contributed by atoms with Crippen molar-refractivity contribution in [1.82, 2.24) is 9.97 Å². The molecule has 0 bridgehead atoms. The Morgan fingerprint density at radius 3 is 2.74 bits per heavy atom. The highest BCUT2D eigenvalue weighted by atomic mass is 79.9. The summed E-state index contributed by atoms with van der Waals surface area (Å²) in [6, 6.07) is 7.26. The van der Waals surface area contributed by atoms with Gasteiger partial charge in [-0.1, -0.05) is 15.9 Å². The number of carbonyl (C=O) groups is 1. The van der Waals surface area contributed by atoms with Crippen LogP contribution in [0.2, 0.25) is 0 Å². The van der Waals surface area contributed by atoms with E-state index in [-0.39, 0.29) is 5.91 Å². The van der Waals surface area contributed by atoms with Crippen molar-refractivity contribution in [3.63, 3.8) is 0 Å². The van der Waals surface area contributed by atoms with Crippen LogP contribution in [0.3, 0.4) is 0 Å². The molecule has 1 amide bonds. The van der Waals surface area contributed by atoms with Crippen molar-refractivity contribution < 1.29 is 9.53 Å². The molecule has 2 rings (SSSR count). The van der Waals surface area contributed by atoms with E-state index in [4.69, 9.17) is 4.74 Å². The SMILES string of the molecule is COCCNc1cc(C(=O)Nc2ccc(Br)c(C)c2)nc(C)n1. The van der Waals surface area contributed by atoms with Crippen LogP contribution in [-0.2, 0) is 4.74 Å². The average Bonchev–Trinajstić information content (AvgIpc) is 2.51. The number of carbonyl (C=O) groups excluding carboxylic acids is 1. The molecule has 0 fully saturated rings. The molecule has 1 aromatic heterocycles. The van der Waals surface area contributed by atoms with Gasteiger partial charge in [0.15, 0.2) is 0 Å². The monoisotopic (exact) mass is 378 g/mol. The molecule has 0 spiro atoms. The number of nitrogens with one attached hydrogen (secondary N) is 2. The lowest BCUT2D eigenvalue weighted by molar-refractivity contribution is 0.102. The molecule has 0 atom stereocenters. The fourth-order valence-corrected chi connectivity index (χ4v) is 2.22. The summed E-state index contributed by atoms with van der Waals surface area (Å²) in [6.45, 7) is 4.89. The third kappa shape index (κ3) is 5.01. The predicted octanol–water partition coefficient (Wildman–Crippen LogP) is 3.17. The minimum absolute atomic E-state index is 0.271. The second-order valence-corrected chi connectivity index (χ2v) is 5.88. The van der Waals surface area contributed by atoms with Crippen molar-refractivity contribution in [3.8, 4) is 0 Å². The van der Waals surface area contributed by atoms with Crippen LogP contribution in [0.5, 0.6) is 0 Å². The molecule has 122 valence electrons. The Hall–Kier alpha value is -1.99. The van der Waals surface area contributed by atoms with Crippen molar-refractivity contribution in [1.29, 1.82) is 0 Å². The van der Waals surface area contributed by atoms with Crippen LogP contribution < -0.4 is 10.6 Å². The van der Waals surface area contributed by atoms with Gasteiger partial charge in [0.2, 0.25) is 0 Å². The van der Waals surface area contributed by atoms with Gasteiger partial charge >= 0.3 is 0 Å². The molecule has 7 heteroatoms. The Morgan fingerprint density at radius 2 is 2.04 bits per heavy atom. The summed E-state index contributed by atoms with van der Waals surface area (Å²) in [6.07, 6.45) is 0. The fourth-order valence-electron chi connectivity index (χ4n) is 1.97. The summed E-state index contributed by atoms with van der Waals surface area (Å²) in [7, 11) is 1.63. The topological polar surface area (TPSA) is 76.1 Å². The minimum atomic E-state index is -0.271. The zero-order valence-electron chi connectivity index (χ0n) is 13.3. The maximum Gasteiger partial charge on any atom is 0.274 e. The highest BCUT2D eigenvalue weighted by Crippen LogP contribution is 2.20. The lowest BCUT2D eigenvalue weighted by Crippen LogP contribution is -2.16. The maximum atomic E-state index is 12.4. The normalized spacial score (nSPS) is 10.4.